The van der Waals surface area contributed by atoms with Crippen molar-refractivity contribution in [2.24, 2.45) is 5.92 Å². The largest absolute Gasteiger partial charge is 0.358 e. The lowest BCUT2D eigenvalue weighted by atomic mass is 9.98. The van der Waals surface area contributed by atoms with Crippen molar-refractivity contribution < 1.29 is 9.18 Å². The predicted molar refractivity (Wildman–Crippen MR) is 62.2 cm³/mol. The molecule has 1 N–H and O–H groups in total. The Bertz CT molecular complexity index is 554. The first-order chi connectivity index (χ1) is 7.50. The first kappa shape index (κ1) is 10.9. The van der Waals surface area contributed by atoms with Crippen LogP contribution in [0.3, 0.4) is 0 Å². The van der Waals surface area contributed by atoms with E-state index >= 15 is 0 Å². The summed E-state index contributed by atoms with van der Waals surface area (Å²) in [4.78, 5) is 15.1. The van der Waals surface area contributed by atoms with E-state index in [4.69, 9.17) is 0 Å². The number of hydrogen-bond donors (Lipinski definition) is 1. The van der Waals surface area contributed by atoms with E-state index in [0.29, 0.717) is 10.9 Å². The van der Waals surface area contributed by atoms with Crippen LogP contribution in [0.2, 0.25) is 0 Å². The van der Waals surface area contributed by atoms with Gasteiger partial charge in [-0.15, -0.1) is 0 Å². The summed E-state index contributed by atoms with van der Waals surface area (Å²) in [5, 5.41) is 0.677. The second-order valence-electron chi connectivity index (χ2n) is 4.33. The van der Waals surface area contributed by atoms with Crippen molar-refractivity contribution in [1.29, 1.82) is 0 Å². The maximum Gasteiger partial charge on any atom is 0.167 e. The van der Waals surface area contributed by atoms with Crippen LogP contribution in [0.15, 0.2) is 18.2 Å². The van der Waals surface area contributed by atoms with Crippen molar-refractivity contribution in [3.8, 4) is 0 Å². The summed E-state index contributed by atoms with van der Waals surface area (Å²) < 4.78 is 13.2. The van der Waals surface area contributed by atoms with E-state index in [0.717, 1.165) is 11.2 Å². The van der Waals surface area contributed by atoms with E-state index in [1.807, 2.05) is 20.8 Å². The molecular formula is C13H14FNO. The van der Waals surface area contributed by atoms with E-state index in [-0.39, 0.29) is 17.5 Å². The van der Waals surface area contributed by atoms with E-state index in [2.05, 4.69) is 4.98 Å². The number of nitrogens with one attached hydrogen (secondary N) is 1. The SMILES string of the molecule is Cc1[nH]c2ccc(F)cc2c1C(=O)C(C)C. The highest BCUT2D eigenvalue weighted by Gasteiger charge is 2.18. The number of fused-ring (bicyclic) bond motifs is 1. The van der Waals surface area contributed by atoms with Gasteiger partial charge >= 0.3 is 0 Å². The molecule has 0 spiro atoms. The molecule has 0 unspecified atom stereocenters. The molecule has 2 rings (SSSR count). The van der Waals surface area contributed by atoms with Gasteiger partial charge in [-0.25, -0.2) is 4.39 Å². The smallest absolute Gasteiger partial charge is 0.167 e. The van der Waals surface area contributed by atoms with Crippen molar-refractivity contribution in [3.05, 3.63) is 35.3 Å². The third-order valence-electron chi connectivity index (χ3n) is 2.72. The van der Waals surface area contributed by atoms with Gasteiger partial charge in [0.2, 0.25) is 0 Å². The molecule has 0 amide bonds. The quantitative estimate of drug-likeness (QED) is 0.771. The highest BCUT2D eigenvalue weighted by molar-refractivity contribution is 6.09. The summed E-state index contributed by atoms with van der Waals surface area (Å²) in [7, 11) is 0. The minimum atomic E-state index is -0.315. The lowest BCUT2D eigenvalue weighted by Gasteiger charge is -2.03. The molecule has 1 aromatic heterocycles. The van der Waals surface area contributed by atoms with Gasteiger partial charge in [0.1, 0.15) is 5.82 Å². The van der Waals surface area contributed by atoms with Crippen LogP contribution in [0.4, 0.5) is 4.39 Å². The lowest BCUT2D eigenvalue weighted by molar-refractivity contribution is 0.0940. The van der Waals surface area contributed by atoms with E-state index in [9.17, 15) is 9.18 Å². The van der Waals surface area contributed by atoms with Crippen LogP contribution in [-0.2, 0) is 0 Å². The molecule has 2 aromatic rings. The molecule has 1 heterocycles. The van der Waals surface area contributed by atoms with Gasteiger partial charge in [-0.05, 0) is 25.1 Å². The molecule has 0 aliphatic carbocycles. The Kier molecular flexibility index (Phi) is 2.54. The Balaban J connectivity index is 2.72. The fourth-order valence-corrected chi connectivity index (χ4v) is 1.91. The Morgan fingerprint density at radius 1 is 1.38 bits per heavy atom. The summed E-state index contributed by atoms with van der Waals surface area (Å²) in [5.41, 5.74) is 2.23. The van der Waals surface area contributed by atoms with Gasteiger partial charge in [-0.3, -0.25) is 4.79 Å². The summed E-state index contributed by atoms with van der Waals surface area (Å²) in [6, 6.07) is 4.46. The first-order valence-electron chi connectivity index (χ1n) is 5.32. The van der Waals surface area contributed by atoms with Gasteiger partial charge in [0.05, 0.1) is 0 Å². The molecule has 84 valence electrons. The minimum Gasteiger partial charge on any atom is -0.358 e. The van der Waals surface area contributed by atoms with Crippen molar-refractivity contribution in [2.75, 3.05) is 0 Å². The number of carbonyl (C=O) groups is 1. The van der Waals surface area contributed by atoms with E-state index in [1.54, 1.807) is 6.07 Å². The van der Waals surface area contributed by atoms with Gasteiger partial charge in [0.25, 0.3) is 0 Å². The third kappa shape index (κ3) is 1.62. The Morgan fingerprint density at radius 2 is 2.06 bits per heavy atom. The number of halogens is 1. The molecule has 2 nitrogen and oxygen atoms in total. The second-order valence-corrected chi connectivity index (χ2v) is 4.33. The second kappa shape index (κ2) is 3.74. The van der Waals surface area contributed by atoms with Crippen molar-refractivity contribution in [2.45, 2.75) is 20.8 Å². The number of aromatic nitrogens is 1. The van der Waals surface area contributed by atoms with Crippen LogP contribution in [0, 0.1) is 18.7 Å². The summed E-state index contributed by atoms with van der Waals surface area (Å²) in [5.74, 6) is -0.348. The molecule has 16 heavy (non-hydrogen) atoms. The van der Waals surface area contributed by atoms with Crippen LogP contribution in [-0.4, -0.2) is 10.8 Å². The van der Waals surface area contributed by atoms with Gasteiger partial charge in [0.15, 0.2) is 5.78 Å². The molecule has 0 saturated heterocycles. The highest BCUT2D eigenvalue weighted by atomic mass is 19.1. The number of rotatable bonds is 2. The van der Waals surface area contributed by atoms with Crippen LogP contribution >= 0.6 is 0 Å². The number of benzene rings is 1. The number of aryl methyl sites for hydroxylation is 1. The van der Waals surface area contributed by atoms with Crippen molar-refractivity contribution in [1.82, 2.24) is 4.98 Å². The molecule has 0 aliphatic heterocycles. The Labute approximate surface area is 93.5 Å². The van der Waals surface area contributed by atoms with Crippen molar-refractivity contribution in [3.63, 3.8) is 0 Å². The predicted octanol–water partition coefficient (Wildman–Crippen LogP) is 3.45. The average molecular weight is 219 g/mol. The van der Waals surface area contributed by atoms with Gasteiger partial charge in [-0.2, -0.15) is 0 Å². The number of H-pyrrole nitrogens is 1. The molecule has 0 bridgehead atoms. The maximum atomic E-state index is 13.2. The summed E-state index contributed by atoms with van der Waals surface area (Å²) in [6.45, 7) is 5.54. The van der Waals surface area contributed by atoms with Crippen LogP contribution in [0.5, 0.6) is 0 Å². The average Bonchev–Trinajstić information content (AvgIpc) is 2.52. The number of Topliss-reactive ketones (excluding diaryl/α,β-unsaturated/α-hetero) is 1. The van der Waals surface area contributed by atoms with E-state index in [1.165, 1.54) is 12.1 Å². The zero-order chi connectivity index (χ0) is 11.9. The Morgan fingerprint density at radius 3 is 2.69 bits per heavy atom. The topological polar surface area (TPSA) is 32.9 Å². The van der Waals surface area contributed by atoms with Gasteiger partial charge in [0, 0.05) is 28.1 Å². The zero-order valence-electron chi connectivity index (χ0n) is 9.60. The maximum absolute atomic E-state index is 13.2. The normalized spacial score (nSPS) is 11.3. The number of carbonyl (C=O) groups excluding carboxylic acids is 1. The number of ketones is 1. The minimum absolute atomic E-state index is 0.0503. The molecule has 0 fully saturated rings. The molecule has 1 aromatic carbocycles. The van der Waals surface area contributed by atoms with Crippen LogP contribution in [0.25, 0.3) is 10.9 Å². The molecule has 0 aliphatic rings. The lowest BCUT2D eigenvalue weighted by Crippen LogP contribution is -2.08. The Hall–Kier alpha value is -1.64. The fraction of sp³-hybridized carbons (Fsp3) is 0.308. The van der Waals surface area contributed by atoms with E-state index < -0.39 is 0 Å². The van der Waals surface area contributed by atoms with Gasteiger partial charge in [-0.1, -0.05) is 13.8 Å². The monoisotopic (exact) mass is 219 g/mol. The van der Waals surface area contributed by atoms with Crippen LogP contribution < -0.4 is 0 Å². The standard InChI is InChI=1S/C13H14FNO/c1-7(2)13(16)12-8(3)15-11-5-4-9(14)6-10(11)12/h4-7,15H,1-3H3. The molecule has 0 saturated carbocycles. The fourth-order valence-electron chi connectivity index (χ4n) is 1.91. The van der Waals surface area contributed by atoms with Crippen LogP contribution in [0.1, 0.15) is 29.9 Å². The molecule has 0 radical (unpaired) electrons. The number of aromatic amines is 1. The zero-order valence-corrected chi connectivity index (χ0v) is 9.60. The summed E-state index contributed by atoms with van der Waals surface area (Å²) >= 11 is 0. The third-order valence-corrected chi connectivity index (χ3v) is 2.72. The molecule has 0 atom stereocenters. The van der Waals surface area contributed by atoms with Crippen molar-refractivity contribution >= 4 is 16.7 Å². The van der Waals surface area contributed by atoms with Gasteiger partial charge < -0.3 is 4.98 Å². The molecular weight excluding hydrogens is 205 g/mol. The number of hydrogen-bond acceptors (Lipinski definition) is 1. The highest BCUT2D eigenvalue weighted by Crippen LogP contribution is 2.25. The summed E-state index contributed by atoms with van der Waals surface area (Å²) in [6.07, 6.45) is 0. The molecule has 3 heteroatoms. The first-order valence-corrected chi connectivity index (χ1v) is 5.32.